The molecule has 0 radical (unpaired) electrons. The van der Waals surface area contributed by atoms with E-state index in [1.54, 1.807) is 12.1 Å². The number of nitrogens with zero attached hydrogens (tertiary/aromatic N) is 1. The van der Waals surface area contributed by atoms with Crippen LogP contribution in [0.3, 0.4) is 0 Å². The quantitative estimate of drug-likeness (QED) is 0.459. The highest BCUT2D eigenvalue weighted by Crippen LogP contribution is 2.20. The molecule has 0 atom stereocenters. The molecular formula is C18H17N3O2. The molecule has 0 aliphatic carbocycles. The molecule has 2 aromatic rings. The van der Waals surface area contributed by atoms with Crippen molar-refractivity contribution in [3.05, 3.63) is 65.4 Å². The number of phenols is 1. The highest BCUT2D eigenvalue weighted by molar-refractivity contribution is 6.06. The topological polar surface area (TPSA) is 85.2 Å². The minimum atomic E-state index is -0.517. The summed E-state index contributed by atoms with van der Waals surface area (Å²) in [6.45, 7) is 3.90. The van der Waals surface area contributed by atoms with Crippen LogP contribution in [0.25, 0.3) is 0 Å². The number of carbonyl (C=O) groups excluding carboxylic acids is 1. The zero-order chi connectivity index (χ0) is 16.8. The average molecular weight is 307 g/mol. The fourth-order valence-corrected chi connectivity index (χ4v) is 2.08. The van der Waals surface area contributed by atoms with Gasteiger partial charge in [-0.1, -0.05) is 18.2 Å². The SMILES string of the molecule is Cc1cccc(C)c1N/C=C(/C#N)C(=O)Nc1ccc(O)cc1. The second kappa shape index (κ2) is 7.14. The van der Waals surface area contributed by atoms with Crippen molar-refractivity contribution in [2.45, 2.75) is 13.8 Å². The fraction of sp³-hybridized carbons (Fsp3) is 0.111. The van der Waals surface area contributed by atoms with E-state index < -0.39 is 5.91 Å². The van der Waals surface area contributed by atoms with Gasteiger partial charge in [-0.2, -0.15) is 5.26 Å². The molecule has 0 aromatic heterocycles. The summed E-state index contributed by atoms with van der Waals surface area (Å²) in [5, 5.41) is 24.0. The number of amides is 1. The number of hydrogen-bond donors (Lipinski definition) is 3. The second-order valence-corrected chi connectivity index (χ2v) is 5.08. The van der Waals surface area contributed by atoms with Crippen molar-refractivity contribution in [2.75, 3.05) is 10.6 Å². The number of para-hydroxylation sites is 1. The molecule has 23 heavy (non-hydrogen) atoms. The molecular weight excluding hydrogens is 290 g/mol. The Morgan fingerprint density at radius 1 is 1.13 bits per heavy atom. The monoisotopic (exact) mass is 307 g/mol. The molecule has 3 N–H and O–H groups in total. The van der Waals surface area contributed by atoms with Gasteiger partial charge in [0.05, 0.1) is 0 Å². The van der Waals surface area contributed by atoms with E-state index in [1.165, 1.54) is 18.3 Å². The summed E-state index contributed by atoms with van der Waals surface area (Å²) in [4.78, 5) is 12.1. The van der Waals surface area contributed by atoms with Crippen molar-refractivity contribution in [3.63, 3.8) is 0 Å². The van der Waals surface area contributed by atoms with Crippen LogP contribution in [-0.4, -0.2) is 11.0 Å². The maximum Gasteiger partial charge on any atom is 0.267 e. The van der Waals surface area contributed by atoms with E-state index in [1.807, 2.05) is 38.1 Å². The van der Waals surface area contributed by atoms with Gasteiger partial charge >= 0.3 is 0 Å². The lowest BCUT2D eigenvalue weighted by molar-refractivity contribution is -0.112. The van der Waals surface area contributed by atoms with Crippen LogP contribution < -0.4 is 10.6 Å². The zero-order valence-electron chi connectivity index (χ0n) is 12.9. The maximum atomic E-state index is 12.1. The number of carbonyl (C=O) groups is 1. The molecule has 0 saturated carbocycles. The predicted octanol–water partition coefficient (Wildman–Crippen LogP) is 3.47. The first-order valence-corrected chi connectivity index (χ1v) is 7.04. The lowest BCUT2D eigenvalue weighted by atomic mass is 10.1. The third-order valence-corrected chi connectivity index (χ3v) is 3.33. The molecule has 5 heteroatoms. The molecule has 1 amide bonds. The Kier molecular flexibility index (Phi) is 5.00. The van der Waals surface area contributed by atoms with Gasteiger partial charge in [0.1, 0.15) is 17.4 Å². The molecule has 116 valence electrons. The lowest BCUT2D eigenvalue weighted by Crippen LogP contribution is -2.14. The van der Waals surface area contributed by atoms with Crippen molar-refractivity contribution >= 4 is 17.3 Å². The normalized spacial score (nSPS) is 10.7. The first-order valence-electron chi connectivity index (χ1n) is 7.04. The Hall–Kier alpha value is -3.26. The van der Waals surface area contributed by atoms with E-state index in [0.717, 1.165) is 16.8 Å². The second-order valence-electron chi connectivity index (χ2n) is 5.08. The maximum absolute atomic E-state index is 12.1. The fourth-order valence-electron chi connectivity index (χ4n) is 2.08. The van der Waals surface area contributed by atoms with Gasteiger partial charge in [0.2, 0.25) is 0 Å². The number of nitrogens with one attached hydrogen (secondary N) is 2. The average Bonchev–Trinajstić information content (AvgIpc) is 2.52. The van der Waals surface area contributed by atoms with E-state index in [-0.39, 0.29) is 11.3 Å². The molecule has 2 rings (SSSR count). The number of phenolic OH excluding ortho intramolecular Hbond substituents is 1. The molecule has 0 spiro atoms. The van der Waals surface area contributed by atoms with Gasteiger partial charge in [0, 0.05) is 17.6 Å². The first kappa shape index (κ1) is 16.1. The number of rotatable bonds is 4. The number of anilines is 2. The summed E-state index contributed by atoms with van der Waals surface area (Å²) >= 11 is 0. The van der Waals surface area contributed by atoms with Gasteiger partial charge in [-0.05, 0) is 49.2 Å². The summed E-state index contributed by atoms with van der Waals surface area (Å²) in [6, 6.07) is 13.8. The molecule has 0 heterocycles. The Balaban J connectivity index is 2.14. The summed E-state index contributed by atoms with van der Waals surface area (Å²) in [5.74, 6) is -0.410. The Morgan fingerprint density at radius 3 is 2.30 bits per heavy atom. The van der Waals surface area contributed by atoms with Crippen LogP contribution in [0.2, 0.25) is 0 Å². The molecule has 2 aromatic carbocycles. The Bertz CT molecular complexity index is 767. The predicted molar refractivity (Wildman–Crippen MR) is 90.0 cm³/mol. The van der Waals surface area contributed by atoms with Crippen LogP contribution in [0.1, 0.15) is 11.1 Å². The van der Waals surface area contributed by atoms with Crippen molar-refractivity contribution in [3.8, 4) is 11.8 Å². The van der Waals surface area contributed by atoms with Gasteiger partial charge < -0.3 is 15.7 Å². The summed E-state index contributed by atoms with van der Waals surface area (Å²) in [5.41, 5.74) is 3.38. The summed E-state index contributed by atoms with van der Waals surface area (Å²) < 4.78 is 0. The van der Waals surface area contributed by atoms with Gasteiger partial charge in [-0.15, -0.1) is 0 Å². The highest BCUT2D eigenvalue weighted by Gasteiger charge is 2.10. The molecule has 0 bridgehead atoms. The van der Waals surface area contributed by atoms with Crippen LogP contribution in [0.15, 0.2) is 54.2 Å². The van der Waals surface area contributed by atoms with Crippen LogP contribution in [-0.2, 0) is 4.79 Å². The molecule has 0 unspecified atom stereocenters. The third kappa shape index (κ3) is 4.11. The Labute approximate surface area is 134 Å². The smallest absolute Gasteiger partial charge is 0.267 e. The van der Waals surface area contributed by atoms with Gasteiger partial charge in [-0.3, -0.25) is 4.79 Å². The number of hydrogen-bond acceptors (Lipinski definition) is 4. The summed E-state index contributed by atoms with van der Waals surface area (Å²) in [6.07, 6.45) is 1.39. The standard InChI is InChI=1S/C18H17N3O2/c1-12-4-3-5-13(2)17(12)20-11-14(10-19)18(23)21-15-6-8-16(22)9-7-15/h3-9,11,20,22H,1-2H3,(H,21,23)/b14-11-. The van der Waals surface area contributed by atoms with Crippen molar-refractivity contribution in [1.82, 2.24) is 0 Å². The number of benzene rings is 2. The van der Waals surface area contributed by atoms with E-state index in [9.17, 15) is 15.2 Å². The van der Waals surface area contributed by atoms with Gasteiger partial charge in [-0.25, -0.2) is 0 Å². The van der Waals surface area contributed by atoms with E-state index in [2.05, 4.69) is 10.6 Å². The van der Waals surface area contributed by atoms with E-state index in [4.69, 9.17) is 0 Å². The van der Waals surface area contributed by atoms with E-state index >= 15 is 0 Å². The summed E-state index contributed by atoms with van der Waals surface area (Å²) in [7, 11) is 0. The minimum Gasteiger partial charge on any atom is -0.508 e. The van der Waals surface area contributed by atoms with Gasteiger partial charge in [0.15, 0.2) is 0 Å². The molecule has 0 fully saturated rings. The largest absolute Gasteiger partial charge is 0.508 e. The van der Waals surface area contributed by atoms with Gasteiger partial charge in [0.25, 0.3) is 5.91 Å². The highest BCUT2D eigenvalue weighted by atomic mass is 16.3. The number of nitriles is 1. The third-order valence-electron chi connectivity index (χ3n) is 3.33. The number of aromatic hydroxyl groups is 1. The number of aryl methyl sites for hydroxylation is 2. The van der Waals surface area contributed by atoms with Crippen LogP contribution in [0.5, 0.6) is 5.75 Å². The minimum absolute atomic E-state index is 0.0410. The van der Waals surface area contributed by atoms with Crippen molar-refractivity contribution in [2.24, 2.45) is 0 Å². The molecule has 0 saturated heterocycles. The van der Waals surface area contributed by atoms with E-state index in [0.29, 0.717) is 5.69 Å². The molecule has 5 nitrogen and oxygen atoms in total. The van der Waals surface area contributed by atoms with Crippen LogP contribution in [0, 0.1) is 25.2 Å². The molecule has 0 aliphatic rings. The first-order chi connectivity index (χ1) is 11.0. The lowest BCUT2D eigenvalue weighted by Gasteiger charge is -2.10. The Morgan fingerprint density at radius 2 is 1.74 bits per heavy atom. The van der Waals surface area contributed by atoms with Crippen LogP contribution in [0.4, 0.5) is 11.4 Å². The van der Waals surface area contributed by atoms with Crippen molar-refractivity contribution in [1.29, 1.82) is 5.26 Å². The van der Waals surface area contributed by atoms with Crippen molar-refractivity contribution < 1.29 is 9.90 Å². The van der Waals surface area contributed by atoms with Crippen LogP contribution >= 0.6 is 0 Å². The molecule has 0 aliphatic heterocycles. The zero-order valence-corrected chi connectivity index (χ0v) is 12.9.